The SMILES string of the molecule is CCC(C)c1ccc2occ(CCNCC(C)C)c2c1. The highest BCUT2D eigenvalue weighted by Crippen LogP contribution is 2.27. The summed E-state index contributed by atoms with van der Waals surface area (Å²) in [5.41, 5.74) is 3.75. The van der Waals surface area contributed by atoms with Crippen LogP contribution in [0, 0.1) is 5.92 Å². The topological polar surface area (TPSA) is 25.2 Å². The maximum Gasteiger partial charge on any atom is 0.134 e. The molecule has 0 fully saturated rings. The van der Waals surface area contributed by atoms with E-state index in [9.17, 15) is 0 Å². The largest absolute Gasteiger partial charge is 0.464 e. The van der Waals surface area contributed by atoms with E-state index in [0.29, 0.717) is 11.8 Å². The Morgan fingerprint density at radius 1 is 1.20 bits per heavy atom. The first-order valence-corrected chi connectivity index (χ1v) is 7.82. The molecular formula is C18H27NO. The van der Waals surface area contributed by atoms with Gasteiger partial charge < -0.3 is 9.73 Å². The molecule has 0 radical (unpaired) electrons. The van der Waals surface area contributed by atoms with E-state index in [0.717, 1.165) is 25.1 Å². The molecule has 0 spiro atoms. The lowest BCUT2D eigenvalue weighted by molar-refractivity contribution is 0.552. The van der Waals surface area contributed by atoms with Gasteiger partial charge in [-0.05, 0) is 61.0 Å². The summed E-state index contributed by atoms with van der Waals surface area (Å²) in [5, 5.41) is 4.78. The van der Waals surface area contributed by atoms with Crippen LogP contribution < -0.4 is 5.32 Å². The third kappa shape index (κ3) is 3.63. The summed E-state index contributed by atoms with van der Waals surface area (Å²) >= 11 is 0. The zero-order chi connectivity index (χ0) is 14.5. The van der Waals surface area contributed by atoms with Crippen LogP contribution in [0.2, 0.25) is 0 Å². The molecule has 0 amide bonds. The number of fused-ring (bicyclic) bond motifs is 1. The van der Waals surface area contributed by atoms with Crippen molar-refractivity contribution in [2.24, 2.45) is 5.92 Å². The van der Waals surface area contributed by atoms with Gasteiger partial charge in [0.05, 0.1) is 6.26 Å². The standard InChI is InChI=1S/C18H27NO/c1-5-14(4)15-6-7-18-17(10-15)16(12-20-18)8-9-19-11-13(2)3/h6-7,10,12-14,19H,5,8-9,11H2,1-4H3. The zero-order valence-electron chi connectivity index (χ0n) is 13.2. The predicted octanol–water partition coefficient (Wildman–Crippen LogP) is 4.73. The van der Waals surface area contributed by atoms with Crippen LogP contribution >= 0.6 is 0 Å². The van der Waals surface area contributed by atoms with Crippen molar-refractivity contribution in [2.75, 3.05) is 13.1 Å². The summed E-state index contributed by atoms with van der Waals surface area (Å²) in [7, 11) is 0. The summed E-state index contributed by atoms with van der Waals surface area (Å²) in [5.74, 6) is 1.31. The normalized spacial score (nSPS) is 13.2. The molecule has 1 atom stereocenters. The molecule has 0 bridgehead atoms. The Hall–Kier alpha value is -1.28. The smallest absolute Gasteiger partial charge is 0.134 e. The van der Waals surface area contributed by atoms with Crippen LogP contribution in [0.15, 0.2) is 28.9 Å². The fourth-order valence-corrected chi connectivity index (χ4v) is 2.45. The Balaban J connectivity index is 2.09. The van der Waals surface area contributed by atoms with Crippen molar-refractivity contribution in [3.8, 4) is 0 Å². The zero-order valence-corrected chi connectivity index (χ0v) is 13.2. The molecule has 1 N–H and O–H groups in total. The molecule has 110 valence electrons. The van der Waals surface area contributed by atoms with E-state index in [1.165, 1.54) is 22.9 Å². The van der Waals surface area contributed by atoms with E-state index < -0.39 is 0 Å². The minimum Gasteiger partial charge on any atom is -0.464 e. The molecule has 0 aliphatic carbocycles. The Bertz CT molecular complexity index is 541. The van der Waals surface area contributed by atoms with E-state index in [-0.39, 0.29) is 0 Å². The fraction of sp³-hybridized carbons (Fsp3) is 0.556. The molecule has 1 aromatic carbocycles. The molecule has 0 aliphatic rings. The average Bonchev–Trinajstić information content (AvgIpc) is 2.85. The molecule has 2 aromatic rings. The molecule has 20 heavy (non-hydrogen) atoms. The summed E-state index contributed by atoms with van der Waals surface area (Å²) < 4.78 is 5.67. The van der Waals surface area contributed by atoms with Gasteiger partial charge in [0.1, 0.15) is 5.58 Å². The quantitative estimate of drug-likeness (QED) is 0.737. The lowest BCUT2D eigenvalue weighted by Gasteiger charge is -2.09. The number of hydrogen-bond donors (Lipinski definition) is 1. The average molecular weight is 273 g/mol. The van der Waals surface area contributed by atoms with Crippen LogP contribution in [0.25, 0.3) is 11.0 Å². The molecule has 1 aromatic heterocycles. The van der Waals surface area contributed by atoms with E-state index >= 15 is 0 Å². The van der Waals surface area contributed by atoms with Crippen molar-refractivity contribution in [3.05, 3.63) is 35.6 Å². The molecule has 1 heterocycles. The highest BCUT2D eigenvalue weighted by molar-refractivity contribution is 5.81. The Morgan fingerprint density at radius 2 is 2.00 bits per heavy atom. The van der Waals surface area contributed by atoms with Gasteiger partial charge in [0, 0.05) is 5.39 Å². The van der Waals surface area contributed by atoms with Crippen LogP contribution in [0.1, 0.15) is 51.2 Å². The second-order valence-corrected chi connectivity index (χ2v) is 6.17. The first kappa shape index (κ1) is 15.1. The summed E-state index contributed by atoms with van der Waals surface area (Å²) in [6, 6.07) is 6.62. The van der Waals surface area contributed by atoms with Crippen molar-refractivity contribution in [1.29, 1.82) is 0 Å². The van der Waals surface area contributed by atoms with Gasteiger partial charge in [0.15, 0.2) is 0 Å². The second kappa shape index (κ2) is 6.94. The minimum atomic E-state index is 0.612. The predicted molar refractivity (Wildman–Crippen MR) is 86.3 cm³/mol. The van der Waals surface area contributed by atoms with Gasteiger partial charge in [-0.2, -0.15) is 0 Å². The first-order valence-electron chi connectivity index (χ1n) is 7.82. The Labute approximate surface area is 122 Å². The Morgan fingerprint density at radius 3 is 2.70 bits per heavy atom. The van der Waals surface area contributed by atoms with Crippen LogP contribution in [0.4, 0.5) is 0 Å². The molecule has 0 saturated heterocycles. The number of hydrogen-bond acceptors (Lipinski definition) is 2. The first-order chi connectivity index (χ1) is 9.61. The van der Waals surface area contributed by atoms with Gasteiger partial charge in [-0.15, -0.1) is 0 Å². The lowest BCUT2D eigenvalue weighted by atomic mass is 9.96. The lowest BCUT2D eigenvalue weighted by Crippen LogP contribution is -2.22. The van der Waals surface area contributed by atoms with Gasteiger partial charge in [-0.1, -0.05) is 33.8 Å². The molecule has 2 rings (SSSR count). The summed E-state index contributed by atoms with van der Waals surface area (Å²) in [6.45, 7) is 11.1. The van der Waals surface area contributed by atoms with E-state index in [1.807, 2.05) is 6.26 Å². The van der Waals surface area contributed by atoms with Crippen LogP contribution in [0.5, 0.6) is 0 Å². The number of rotatable bonds is 7. The molecular weight excluding hydrogens is 246 g/mol. The van der Waals surface area contributed by atoms with E-state index in [1.54, 1.807) is 0 Å². The van der Waals surface area contributed by atoms with Crippen molar-refractivity contribution in [3.63, 3.8) is 0 Å². The van der Waals surface area contributed by atoms with Crippen molar-refractivity contribution in [2.45, 2.75) is 46.5 Å². The number of nitrogens with one attached hydrogen (secondary N) is 1. The third-order valence-corrected chi connectivity index (χ3v) is 3.98. The summed E-state index contributed by atoms with van der Waals surface area (Å²) in [6.07, 6.45) is 4.13. The van der Waals surface area contributed by atoms with Crippen LogP contribution in [-0.2, 0) is 6.42 Å². The molecule has 0 aliphatic heterocycles. The highest BCUT2D eigenvalue weighted by Gasteiger charge is 2.09. The maximum absolute atomic E-state index is 5.67. The molecule has 2 heteroatoms. The van der Waals surface area contributed by atoms with E-state index in [4.69, 9.17) is 4.42 Å². The highest BCUT2D eigenvalue weighted by atomic mass is 16.3. The second-order valence-electron chi connectivity index (χ2n) is 6.17. The third-order valence-electron chi connectivity index (χ3n) is 3.98. The van der Waals surface area contributed by atoms with E-state index in [2.05, 4.69) is 51.2 Å². The molecule has 1 unspecified atom stereocenters. The van der Waals surface area contributed by atoms with Crippen molar-refractivity contribution in [1.82, 2.24) is 5.32 Å². The summed E-state index contributed by atoms with van der Waals surface area (Å²) in [4.78, 5) is 0. The van der Waals surface area contributed by atoms with Crippen LogP contribution in [-0.4, -0.2) is 13.1 Å². The maximum atomic E-state index is 5.67. The fourth-order valence-electron chi connectivity index (χ4n) is 2.45. The van der Waals surface area contributed by atoms with Gasteiger partial charge in [0.2, 0.25) is 0 Å². The van der Waals surface area contributed by atoms with Crippen molar-refractivity contribution < 1.29 is 4.42 Å². The minimum absolute atomic E-state index is 0.612. The van der Waals surface area contributed by atoms with Gasteiger partial charge in [0.25, 0.3) is 0 Å². The Kier molecular flexibility index (Phi) is 5.24. The molecule has 0 saturated carbocycles. The van der Waals surface area contributed by atoms with Gasteiger partial charge in [-0.25, -0.2) is 0 Å². The van der Waals surface area contributed by atoms with Crippen LogP contribution in [0.3, 0.4) is 0 Å². The van der Waals surface area contributed by atoms with Crippen molar-refractivity contribution >= 4 is 11.0 Å². The monoisotopic (exact) mass is 273 g/mol. The van der Waals surface area contributed by atoms with Gasteiger partial charge in [-0.3, -0.25) is 0 Å². The number of furan rings is 1. The van der Waals surface area contributed by atoms with Gasteiger partial charge >= 0.3 is 0 Å². The number of benzene rings is 1. The molecule has 2 nitrogen and oxygen atoms in total.